The molecule has 0 saturated carbocycles. The maximum Gasteiger partial charge on any atom is 0.407 e. The van der Waals surface area contributed by atoms with Gasteiger partial charge in [-0.1, -0.05) is 12.8 Å². The molecule has 0 heterocycles. The fraction of sp³-hybridized carbons (Fsp3) is 0.556. The van der Waals surface area contributed by atoms with Gasteiger partial charge in [-0.25, -0.2) is 4.79 Å². The summed E-state index contributed by atoms with van der Waals surface area (Å²) in [5, 5.41) is 8.35. The number of alkyl carbamates (subject to hydrolysis) is 1. The van der Waals surface area contributed by atoms with E-state index in [4.69, 9.17) is 4.74 Å². The Morgan fingerprint density at radius 3 is 2.04 bits per heavy atom. The number of unbranched alkanes of at least 4 members (excludes halogenated alkanes) is 3. The summed E-state index contributed by atoms with van der Waals surface area (Å²) in [6.07, 6.45) is 3.27. The first-order chi connectivity index (χ1) is 11.8. The molecule has 1 aromatic carbocycles. The Balaban J connectivity index is 2.05. The van der Waals surface area contributed by atoms with Crippen molar-refractivity contribution in [1.29, 1.82) is 0 Å². The second-order valence-electron chi connectivity index (χ2n) is 6.74. The lowest BCUT2D eigenvalue weighted by atomic mass is 10.1. The van der Waals surface area contributed by atoms with Gasteiger partial charge in [0, 0.05) is 18.7 Å². The first kappa shape index (κ1) is 20.6. The van der Waals surface area contributed by atoms with Crippen LogP contribution in [0.15, 0.2) is 29.4 Å². The van der Waals surface area contributed by atoms with E-state index in [0.29, 0.717) is 24.3 Å². The Kier molecular flexibility index (Phi) is 8.60. The van der Waals surface area contributed by atoms with Crippen molar-refractivity contribution in [2.24, 2.45) is 5.18 Å². The molecule has 0 fully saturated rings. The first-order valence-corrected chi connectivity index (χ1v) is 8.50. The number of nitroso groups, excluding NO2 is 1. The highest BCUT2D eigenvalue weighted by Gasteiger charge is 2.15. The van der Waals surface area contributed by atoms with Crippen molar-refractivity contribution in [2.75, 3.05) is 13.1 Å². The molecule has 0 radical (unpaired) electrons. The molecule has 7 nitrogen and oxygen atoms in total. The molecular formula is C18H27N3O4. The molecule has 0 bridgehead atoms. The Labute approximate surface area is 148 Å². The van der Waals surface area contributed by atoms with Crippen LogP contribution in [0.4, 0.5) is 10.5 Å². The van der Waals surface area contributed by atoms with E-state index in [1.54, 1.807) is 12.1 Å². The maximum atomic E-state index is 11.9. The molecular weight excluding hydrogens is 322 g/mol. The monoisotopic (exact) mass is 349 g/mol. The van der Waals surface area contributed by atoms with Gasteiger partial charge < -0.3 is 15.4 Å². The van der Waals surface area contributed by atoms with Crippen molar-refractivity contribution in [3.8, 4) is 0 Å². The molecule has 0 spiro atoms. The van der Waals surface area contributed by atoms with Gasteiger partial charge in [0.25, 0.3) is 5.91 Å². The second-order valence-corrected chi connectivity index (χ2v) is 6.74. The quantitative estimate of drug-likeness (QED) is 0.522. The summed E-state index contributed by atoms with van der Waals surface area (Å²) in [6, 6.07) is 6.18. The number of carbonyl (C=O) groups excluding carboxylic acids is 2. The minimum Gasteiger partial charge on any atom is -0.444 e. The van der Waals surface area contributed by atoms with Crippen LogP contribution in [0.1, 0.15) is 56.8 Å². The number of carbonyl (C=O) groups is 2. The van der Waals surface area contributed by atoms with Gasteiger partial charge >= 0.3 is 6.09 Å². The third kappa shape index (κ3) is 9.44. The molecule has 0 aliphatic carbocycles. The lowest BCUT2D eigenvalue weighted by molar-refractivity contribution is 0.0526. The topological polar surface area (TPSA) is 96.9 Å². The number of benzene rings is 1. The Morgan fingerprint density at radius 2 is 1.52 bits per heavy atom. The second kappa shape index (κ2) is 10.4. The summed E-state index contributed by atoms with van der Waals surface area (Å²) in [5.74, 6) is -0.163. The summed E-state index contributed by atoms with van der Waals surface area (Å²) < 4.78 is 5.14. The predicted molar refractivity (Wildman–Crippen MR) is 96.9 cm³/mol. The van der Waals surface area contributed by atoms with Gasteiger partial charge in [0.05, 0.1) is 0 Å². The van der Waals surface area contributed by atoms with E-state index in [2.05, 4.69) is 15.8 Å². The van der Waals surface area contributed by atoms with Gasteiger partial charge in [0.1, 0.15) is 11.3 Å². The number of ether oxygens (including phenoxy) is 1. The summed E-state index contributed by atoms with van der Waals surface area (Å²) in [5.41, 5.74) is 0.331. The van der Waals surface area contributed by atoms with E-state index < -0.39 is 11.7 Å². The van der Waals surface area contributed by atoms with Crippen LogP contribution in [0, 0.1) is 4.91 Å². The van der Waals surface area contributed by atoms with Crippen molar-refractivity contribution >= 4 is 17.7 Å². The number of hydrogen-bond donors (Lipinski definition) is 2. The SMILES string of the molecule is CC(C)(C)OC(=O)NCCCCCCNC(=O)c1ccc(N=O)cc1. The van der Waals surface area contributed by atoms with Gasteiger partial charge in [-0.3, -0.25) is 4.79 Å². The molecule has 7 heteroatoms. The van der Waals surface area contributed by atoms with Gasteiger partial charge in [0.15, 0.2) is 0 Å². The van der Waals surface area contributed by atoms with Crippen LogP contribution in [0.25, 0.3) is 0 Å². The van der Waals surface area contributed by atoms with Crippen LogP contribution in [0.2, 0.25) is 0 Å². The summed E-state index contributed by atoms with van der Waals surface area (Å²) >= 11 is 0. The van der Waals surface area contributed by atoms with E-state index in [1.165, 1.54) is 12.1 Å². The first-order valence-electron chi connectivity index (χ1n) is 8.50. The average molecular weight is 349 g/mol. The number of amides is 2. The van der Waals surface area contributed by atoms with Crippen molar-refractivity contribution in [3.05, 3.63) is 34.7 Å². The summed E-state index contributed by atoms with van der Waals surface area (Å²) in [4.78, 5) is 33.7. The van der Waals surface area contributed by atoms with Gasteiger partial charge in [-0.15, -0.1) is 4.91 Å². The molecule has 2 amide bonds. The zero-order valence-corrected chi connectivity index (χ0v) is 15.1. The number of rotatable bonds is 9. The smallest absolute Gasteiger partial charge is 0.407 e. The number of hydrogen-bond acceptors (Lipinski definition) is 5. The van der Waals surface area contributed by atoms with Gasteiger partial charge in [0.2, 0.25) is 0 Å². The van der Waals surface area contributed by atoms with Crippen molar-refractivity contribution < 1.29 is 14.3 Å². The molecule has 138 valence electrons. The standard InChI is InChI=1S/C18H27N3O4/c1-18(2,3)25-17(23)20-13-7-5-4-6-12-19-16(22)14-8-10-15(21-24)11-9-14/h8-11H,4-7,12-13H2,1-3H3,(H,19,22)(H,20,23). The Bertz CT molecular complexity index is 565. The van der Waals surface area contributed by atoms with Crippen LogP contribution in [0.5, 0.6) is 0 Å². The maximum absolute atomic E-state index is 11.9. The molecule has 2 N–H and O–H groups in total. The Hall–Kier alpha value is -2.44. The van der Waals surface area contributed by atoms with Crippen LogP contribution >= 0.6 is 0 Å². The highest BCUT2D eigenvalue weighted by atomic mass is 16.6. The fourth-order valence-corrected chi connectivity index (χ4v) is 2.09. The molecule has 25 heavy (non-hydrogen) atoms. The van der Waals surface area contributed by atoms with Crippen molar-refractivity contribution in [2.45, 2.75) is 52.1 Å². The molecule has 0 aromatic heterocycles. The van der Waals surface area contributed by atoms with Crippen molar-refractivity contribution in [3.63, 3.8) is 0 Å². The zero-order chi connectivity index (χ0) is 18.7. The predicted octanol–water partition coefficient (Wildman–Crippen LogP) is 3.90. The molecule has 1 aromatic rings. The van der Waals surface area contributed by atoms with E-state index in [-0.39, 0.29) is 5.91 Å². The van der Waals surface area contributed by atoms with Crippen LogP contribution < -0.4 is 10.6 Å². The highest BCUT2D eigenvalue weighted by molar-refractivity contribution is 5.94. The summed E-state index contributed by atoms with van der Waals surface area (Å²) in [7, 11) is 0. The fourth-order valence-electron chi connectivity index (χ4n) is 2.09. The van der Waals surface area contributed by atoms with Crippen LogP contribution in [0.3, 0.4) is 0 Å². The minimum atomic E-state index is -0.480. The molecule has 0 aliphatic heterocycles. The Morgan fingerprint density at radius 1 is 0.960 bits per heavy atom. The van der Waals surface area contributed by atoms with E-state index in [0.717, 1.165) is 25.7 Å². The highest BCUT2D eigenvalue weighted by Crippen LogP contribution is 2.12. The molecule has 0 saturated heterocycles. The van der Waals surface area contributed by atoms with E-state index in [1.807, 2.05) is 20.8 Å². The molecule has 1 rings (SSSR count). The largest absolute Gasteiger partial charge is 0.444 e. The van der Waals surface area contributed by atoms with Gasteiger partial charge in [-0.05, 0) is 63.1 Å². The summed E-state index contributed by atoms with van der Waals surface area (Å²) in [6.45, 7) is 6.65. The lowest BCUT2D eigenvalue weighted by Gasteiger charge is -2.19. The molecule has 0 unspecified atom stereocenters. The normalized spacial score (nSPS) is 10.8. The molecule has 0 atom stereocenters. The van der Waals surface area contributed by atoms with Crippen LogP contribution in [-0.4, -0.2) is 30.7 Å². The average Bonchev–Trinajstić information content (AvgIpc) is 2.55. The minimum absolute atomic E-state index is 0.163. The number of nitrogens with zero attached hydrogens (tertiary/aromatic N) is 1. The van der Waals surface area contributed by atoms with E-state index in [9.17, 15) is 14.5 Å². The lowest BCUT2D eigenvalue weighted by Crippen LogP contribution is -2.33. The van der Waals surface area contributed by atoms with Gasteiger partial charge in [-0.2, -0.15) is 0 Å². The van der Waals surface area contributed by atoms with Crippen LogP contribution in [-0.2, 0) is 4.74 Å². The zero-order valence-electron chi connectivity index (χ0n) is 15.1. The number of nitrogens with one attached hydrogen (secondary N) is 2. The molecule has 0 aliphatic rings. The third-order valence-electron chi connectivity index (χ3n) is 3.29. The van der Waals surface area contributed by atoms with E-state index >= 15 is 0 Å². The third-order valence-corrected chi connectivity index (χ3v) is 3.29. The van der Waals surface area contributed by atoms with Crippen molar-refractivity contribution in [1.82, 2.24) is 10.6 Å².